The Labute approximate surface area is 153 Å². The molecule has 0 saturated carbocycles. The van der Waals surface area contributed by atoms with E-state index in [1.807, 2.05) is 53.8 Å². The van der Waals surface area contributed by atoms with Crippen LogP contribution in [0.25, 0.3) is 10.9 Å². The van der Waals surface area contributed by atoms with Crippen LogP contribution in [0.5, 0.6) is 0 Å². The summed E-state index contributed by atoms with van der Waals surface area (Å²) in [4.78, 5) is 26.5. The van der Waals surface area contributed by atoms with Gasteiger partial charge in [0.25, 0.3) is 5.91 Å². The summed E-state index contributed by atoms with van der Waals surface area (Å²) in [5.41, 5.74) is 6.69. The molecule has 0 unspecified atom stereocenters. The fourth-order valence-electron chi connectivity index (χ4n) is 3.62. The third-order valence-electron chi connectivity index (χ3n) is 5.14. The highest BCUT2D eigenvalue weighted by atomic mass is 16.2. The van der Waals surface area contributed by atoms with Gasteiger partial charge in [-0.05, 0) is 31.9 Å². The lowest BCUT2D eigenvalue weighted by atomic mass is 9.93. The van der Waals surface area contributed by atoms with Crippen LogP contribution in [0.2, 0.25) is 0 Å². The molecule has 1 aliphatic heterocycles. The largest absolute Gasteiger partial charge is 0.353 e. The summed E-state index contributed by atoms with van der Waals surface area (Å²) >= 11 is 0. The standard InChI is InChI=1S/C20H26N4O2/c1-3-22-19(25)13-16(21)14-8-10-24(11-9-14)20(26)18-12-15-6-4-5-7-17(15)23(18)2/h4-7,12-14H,3,8-11,21H2,1-2H3,(H,22,25)/p+1/b16-13-. The van der Waals surface area contributed by atoms with Crippen molar-refractivity contribution in [3.8, 4) is 0 Å². The molecule has 0 atom stereocenters. The van der Waals surface area contributed by atoms with Crippen LogP contribution < -0.4 is 11.1 Å². The van der Waals surface area contributed by atoms with E-state index in [0.29, 0.717) is 19.6 Å². The Morgan fingerprint density at radius 2 is 1.96 bits per heavy atom. The molecule has 2 heterocycles. The number of nitrogens with zero attached hydrogens (tertiary/aromatic N) is 2. The molecule has 6 heteroatoms. The number of hydrogen-bond acceptors (Lipinski definition) is 2. The molecule has 3 rings (SSSR count). The fraction of sp³-hybridized carbons (Fsp3) is 0.400. The second-order valence-corrected chi connectivity index (χ2v) is 6.83. The number of para-hydroxylation sites is 1. The minimum absolute atomic E-state index is 0.0699. The van der Waals surface area contributed by atoms with Crippen molar-refractivity contribution in [2.75, 3.05) is 19.6 Å². The maximum atomic E-state index is 12.9. The maximum absolute atomic E-state index is 12.9. The first-order valence-electron chi connectivity index (χ1n) is 9.16. The number of fused-ring (bicyclic) bond motifs is 1. The molecular weight excluding hydrogens is 328 g/mol. The molecule has 1 aliphatic rings. The third kappa shape index (κ3) is 3.65. The van der Waals surface area contributed by atoms with Gasteiger partial charge >= 0.3 is 0 Å². The van der Waals surface area contributed by atoms with Crippen LogP contribution in [-0.2, 0) is 11.8 Å². The first-order chi connectivity index (χ1) is 12.5. The van der Waals surface area contributed by atoms with Gasteiger partial charge in [-0.3, -0.25) is 9.59 Å². The quantitative estimate of drug-likeness (QED) is 0.811. The number of quaternary nitrogens is 1. The van der Waals surface area contributed by atoms with Gasteiger partial charge in [0.2, 0.25) is 5.91 Å². The molecule has 1 fully saturated rings. The summed E-state index contributed by atoms with van der Waals surface area (Å²) in [5, 5.41) is 3.84. The zero-order valence-electron chi connectivity index (χ0n) is 15.5. The van der Waals surface area contributed by atoms with Gasteiger partial charge in [-0.1, -0.05) is 18.2 Å². The van der Waals surface area contributed by atoms with Crippen LogP contribution in [0.1, 0.15) is 30.3 Å². The Morgan fingerprint density at radius 3 is 2.62 bits per heavy atom. The number of amides is 2. The zero-order valence-corrected chi connectivity index (χ0v) is 15.5. The number of benzene rings is 1. The van der Waals surface area contributed by atoms with E-state index in [2.05, 4.69) is 11.1 Å². The number of rotatable bonds is 4. The molecule has 4 N–H and O–H groups in total. The van der Waals surface area contributed by atoms with Crippen LogP contribution >= 0.6 is 0 Å². The number of aryl methyl sites for hydroxylation is 1. The van der Waals surface area contributed by atoms with Gasteiger partial charge in [0.15, 0.2) is 0 Å². The normalized spacial score (nSPS) is 16.1. The molecule has 1 saturated heterocycles. The number of carbonyl (C=O) groups is 2. The highest BCUT2D eigenvalue weighted by Crippen LogP contribution is 2.24. The molecule has 0 bridgehead atoms. The first kappa shape index (κ1) is 18.2. The number of nitrogens with one attached hydrogen (secondary N) is 1. The summed E-state index contributed by atoms with van der Waals surface area (Å²) in [6, 6.07) is 9.99. The van der Waals surface area contributed by atoms with Crippen molar-refractivity contribution in [1.29, 1.82) is 0 Å². The molecule has 2 aromatic rings. The summed E-state index contributed by atoms with van der Waals surface area (Å²) in [5.74, 6) is 0.237. The average molecular weight is 355 g/mol. The summed E-state index contributed by atoms with van der Waals surface area (Å²) < 4.78 is 1.96. The predicted octanol–water partition coefficient (Wildman–Crippen LogP) is 1.29. The van der Waals surface area contributed by atoms with Crippen molar-refractivity contribution >= 4 is 22.7 Å². The SMILES string of the molecule is CCNC(=O)/C=C(\[NH3+])C1CCN(C(=O)c2cc3ccccc3n2C)CC1. The number of likely N-dealkylation sites (N-methyl/N-ethyl adjacent to an activating group) is 1. The van der Waals surface area contributed by atoms with Crippen LogP contribution in [-0.4, -0.2) is 40.9 Å². The van der Waals surface area contributed by atoms with Gasteiger partial charge in [-0.15, -0.1) is 0 Å². The van der Waals surface area contributed by atoms with E-state index in [4.69, 9.17) is 0 Å². The molecule has 0 aliphatic carbocycles. The van der Waals surface area contributed by atoms with E-state index >= 15 is 0 Å². The number of aromatic nitrogens is 1. The summed E-state index contributed by atoms with van der Waals surface area (Å²) in [7, 11) is 1.94. The number of carbonyl (C=O) groups excluding carboxylic acids is 2. The molecule has 0 radical (unpaired) electrons. The van der Waals surface area contributed by atoms with Crippen molar-refractivity contribution in [1.82, 2.24) is 14.8 Å². The monoisotopic (exact) mass is 355 g/mol. The molecule has 2 amide bonds. The van der Waals surface area contributed by atoms with Crippen molar-refractivity contribution < 1.29 is 15.3 Å². The average Bonchev–Trinajstić information content (AvgIpc) is 2.98. The molecule has 1 aromatic heterocycles. The Kier molecular flexibility index (Phi) is 5.42. The van der Waals surface area contributed by atoms with Gasteiger partial charge in [0, 0.05) is 43.5 Å². The first-order valence-corrected chi connectivity index (χ1v) is 9.16. The number of piperidine rings is 1. The van der Waals surface area contributed by atoms with Gasteiger partial charge in [-0.25, -0.2) is 0 Å². The van der Waals surface area contributed by atoms with Gasteiger partial charge < -0.3 is 20.5 Å². The maximum Gasteiger partial charge on any atom is 0.270 e. The lowest BCUT2D eigenvalue weighted by Gasteiger charge is -2.31. The van der Waals surface area contributed by atoms with E-state index in [9.17, 15) is 9.59 Å². The summed E-state index contributed by atoms with van der Waals surface area (Å²) in [6.07, 6.45) is 3.27. The highest BCUT2D eigenvalue weighted by molar-refractivity contribution is 5.98. The molecule has 26 heavy (non-hydrogen) atoms. The van der Waals surface area contributed by atoms with Gasteiger partial charge in [0.05, 0.1) is 6.08 Å². The van der Waals surface area contributed by atoms with Crippen molar-refractivity contribution in [3.63, 3.8) is 0 Å². The number of hydrogen-bond donors (Lipinski definition) is 2. The Balaban J connectivity index is 1.66. The number of allylic oxidation sites excluding steroid dienone is 1. The topological polar surface area (TPSA) is 82.0 Å². The van der Waals surface area contributed by atoms with Crippen LogP contribution in [0, 0.1) is 5.92 Å². The minimum atomic E-state index is -0.0912. The molecule has 1 aromatic carbocycles. The minimum Gasteiger partial charge on any atom is -0.353 e. The zero-order chi connectivity index (χ0) is 18.7. The second kappa shape index (κ2) is 7.74. The Bertz CT molecular complexity index is 845. The lowest BCUT2D eigenvalue weighted by Crippen LogP contribution is -2.53. The molecular formula is C20H27N4O2+. The van der Waals surface area contributed by atoms with Crippen LogP contribution in [0.15, 0.2) is 42.1 Å². The smallest absolute Gasteiger partial charge is 0.270 e. The van der Waals surface area contributed by atoms with E-state index in [0.717, 1.165) is 35.1 Å². The van der Waals surface area contributed by atoms with E-state index in [-0.39, 0.29) is 17.7 Å². The Hall–Kier alpha value is -2.60. The van der Waals surface area contributed by atoms with Gasteiger partial charge in [0.1, 0.15) is 11.4 Å². The molecule has 0 spiro atoms. The number of likely N-dealkylation sites (tertiary alicyclic amines) is 1. The van der Waals surface area contributed by atoms with Crippen LogP contribution in [0.3, 0.4) is 0 Å². The third-order valence-corrected chi connectivity index (χ3v) is 5.14. The van der Waals surface area contributed by atoms with Crippen molar-refractivity contribution in [2.24, 2.45) is 13.0 Å². The molecule has 138 valence electrons. The van der Waals surface area contributed by atoms with Crippen molar-refractivity contribution in [2.45, 2.75) is 19.8 Å². The van der Waals surface area contributed by atoms with E-state index in [1.54, 1.807) is 6.08 Å². The summed E-state index contributed by atoms with van der Waals surface area (Å²) in [6.45, 7) is 3.88. The predicted molar refractivity (Wildman–Crippen MR) is 101 cm³/mol. The highest BCUT2D eigenvalue weighted by Gasteiger charge is 2.28. The van der Waals surface area contributed by atoms with Crippen molar-refractivity contribution in [3.05, 3.63) is 47.8 Å². The second-order valence-electron chi connectivity index (χ2n) is 6.83. The van der Waals surface area contributed by atoms with Gasteiger partial charge in [-0.2, -0.15) is 0 Å². The van der Waals surface area contributed by atoms with Crippen LogP contribution in [0.4, 0.5) is 0 Å². The molecule has 6 nitrogen and oxygen atoms in total. The lowest BCUT2D eigenvalue weighted by molar-refractivity contribution is -0.316. The van der Waals surface area contributed by atoms with E-state index < -0.39 is 0 Å². The van der Waals surface area contributed by atoms with E-state index in [1.165, 1.54) is 0 Å². The Morgan fingerprint density at radius 1 is 1.27 bits per heavy atom. The fourth-order valence-corrected chi connectivity index (χ4v) is 3.62.